The second-order valence-electron chi connectivity index (χ2n) is 7.49. The molecule has 4 aromatic rings. The third kappa shape index (κ3) is 3.86. The van der Waals surface area contributed by atoms with Crippen molar-refractivity contribution in [3.05, 3.63) is 64.6 Å². The first-order chi connectivity index (χ1) is 15.3. The standard InChI is InChI=1S/C23H20N2O4S3/c1-24-18-13-16(29-2)8-10-19(18)30-21(24)14-22-25(11-12-32(26,27)28)23-17-6-4-3-5-15(17)7-9-20(23)31-22/h3-10,13-14H,11-12H2,1-2H3/p+1. The molecule has 5 rings (SSSR count). The van der Waals surface area contributed by atoms with Gasteiger partial charge in [-0.15, -0.1) is 0 Å². The molecule has 0 unspecified atom stereocenters. The van der Waals surface area contributed by atoms with E-state index in [0.717, 1.165) is 47.4 Å². The average molecular weight is 486 g/mol. The van der Waals surface area contributed by atoms with Gasteiger partial charge in [0.2, 0.25) is 5.52 Å². The molecule has 1 N–H and O–H groups in total. The summed E-state index contributed by atoms with van der Waals surface area (Å²) < 4.78 is 40.9. The second-order valence-corrected chi connectivity index (χ2v) is 11.2. The van der Waals surface area contributed by atoms with Gasteiger partial charge in [0.15, 0.2) is 6.54 Å². The first kappa shape index (κ1) is 21.3. The molecule has 9 heteroatoms. The molecule has 6 nitrogen and oxygen atoms in total. The minimum absolute atomic E-state index is 0.168. The summed E-state index contributed by atoms with van der Waals surface area (Å²) in [6.45, 7) is 0.168. The molecule has 2 heterocycles. The molecule has 1 aromatic heterocycles. The van der Waals surface area contributed by atoms with Crippen molar-refractivity contribution >= 4 is 66.0 Å². The van der Waals surface area contributed by atoms with E-state index in [9.17, 15) is 13.0 Å². The van der Waals surface area contributed by atoms with E-state index >= 15 is 0 Å². The largest absolute Gasteiger partial charge is 0.497 e. The Balaban J connectivity index is 1.66. The van der Waals surface area contributed by atoms with E-state index in [2.05, 4.69) is 23.1 Å². The average Bonchev–Trinajstić information content (AvgIpc) is 3.29. The summed E-state index contributed by atoms with van der Waals surface area (Å²) in [6.07, 6.45) is 2.08. The molecule has 0 radical (unpaired) electrons. The Morgan fingerprint density at radius 1 is 1.16 bits per heavy atom. The molecule has 0 amide bonds. The molecule has 0 saturated carbocycles. The number of nitrogens with zero attached hydrogens (tertiary/aromatic N) is 2. The summed E-state index contributed by atoms with van der Waals surface area (Å²) in [4.78, 5) is 3.24. The first-order valence-electron chi connectivity index (χ1n) is 9.94. The van der Waals surface area contributed by atoms with Crippen LogP contribution in [0.5, 0.6) is 5.75 Å². The zero-order valence-corrected chi connectivity index (χ0v) is 19.9. The number of rotatable bonds is 5. The maximum absolute atomic E-state index is 11.5. The first-order valence-corrected chi connectivity index (χ1v) is 13.2. The topological polar surface area (TPSA) is 70.7 Å². The maximum atomic E-state index is 11.5. The van der Waals surface area contributed by atoms with Gasteiger partial charge in [0, 0.05) is 18.0 Å². The lowest BCUT2D eigenvalue weighted by Gasteiger charge is -2.13. The van der Waals surface area contributed by atoms with Crippen molar-refractivity contribution in [3.8, 4) is 5.75 Å². The van der Waals surface area contributed by atoms with Gasteiger partial charge in [-0.2, -0.15) is 13.0 Å². The van der Waals surface area contributed by atoms with Crippen LogP contribution >= 0.6 is 23.1 Å². The Labute approximate surface area is 194 Å². The summed E-state index contributed by atoms with van der Waals surface area (Å²) in [5, 5.41) is 4.10. The van der Waals surface area contributed by atoms with E-state index in [-0.39, 0.29) is 12.3 Å². The highest BCUT2D eigenvalue weighted by Gasteiger charge is 2.28. The van der Waals surface area contributed by atoms with E-state index < -0.39 is 10.1 Å². The van der Waals surface area contributed by atoms with Gasteiger partial charge >= 0.3 is 0 Å². The third-order valence-electron chi connectivity index (χ3n) is 5.51. The van der Waals surface area contributed by atoms with Crippen LogP contribution < -0.4 is 14.2 Å². The fourth-order valence-electron chi connectivity index (χ4n) is 3.91. The molecule has 1 aliphatic heterocycles. The van der Waals surface area contributed by atoms with Crippen molar-refractivity contribution in [2.75, 3.05) is 24.8 Å². The van der Waals surface area contributed by atoms with Gasteiger partial charge in [0.05, 0.1) is 29.3 Å². The Bertz CT molecular complexity index is 1490. The number of thiazole rings is 1. The van der Waals surface area contributed by atoms with Crippen molar-refractivity contribution in [1.29, 1.82) is 0 Å². The Hall–Kier alpha value is -2.59. The number of benzene rings is 3. The van der Waals surface area contributed by atoms with Gasteiger partial charge < -0.3 is 9.64 Å². The molecule has 0 bridgehead atoms. The number of hydrogen-bond donors (Lipinski definition) is 1. The van der Waals surface area contributed by atoms with Crippen molar-refractivity contribution in [2.24, 2.45) is 0 Å². The number of fused-ring (bicyclic) bond motifs is 4. The lowest BCUT2D eigenvalue weighted by Crippen LogP contribution is -2.38. The van der Waals surface area contributed by atoms with Crippen LogP contribution in [0.4, 0.5) is 5.69 Å². The Morgan fingerprint density at radius 3 is 2.75 bits per heavy atom. The fourth-order valence-corrected chi connectivity index (χ4v) is 6.61. The van der Waals surface area contributed by atoms with Crippen LogP contribution in [0.2, 0.25) is 0 Å². The monoisotopic (exact) mass is 485 g/mol. The molecule has 0 atom stereocenters. The Kier molecular flexibility index (Phi) is 5.37. The smallest absolute Gasteiger partial charge is 0.271 e. The zero-order chi connectivity index (χ0) is 22.5. The predicted octanol–water partition coefficient (Wildman–Crippen LogP) is 4.78. The van der Waals surface area contributed by atoms with Gasteiger partial charge in [-0.05, 0) is 29.7 Å². The SMILES string of the molecule is COc1ccc2c(c1)N(C)C(=Cc1sc3ccc4ccccc4c3[n+]1CCS(=O)(=O)O)S2. The van der Waals surface area contributed by atoms with E-state index in [0.29, 0.717) is 0 Å². The van der Waals surface area contributed by atoms with E-state index in [1.54, 1.807) is 30.2 Å². The Morgan fingerprint density at radius 2 is 1.97 bits per heavy atom. The summed E-state index contributed by atoms with van der Waals surface area (Å²) in [5.74, 6) is 0.456. The lowest BCUT2D eigenvalue weighted by molar-refractivity contribution is -0.663. The molecule has 1 aliphatic rings. The predicted molar refractivity (Wildman–Crippen MR) is 131 cm³/mol. The fraction of sp³-hybridized carbons (Fsp3) is 0.174. The lowest BCUT2D eigenvalue weighted by atomic mass is 10.1. The van der Waals surface area contributed by atoms with Crippen LogP contribution in [-0.2, 0) is 16.7 Å². The molecular formula is C23H21N2O4S3+. The van der Waals surface area contributed by atoms with Crippen LogP contribution in [0.15, 0.2) is 64.5 Å². The number of aromatic nitrogens is 1. The molecule has 0 aliphatic carbocycles. The number of hydrogen-bond acceptors (Lipinski definition) is 6. The highest BCUT2D eigenvalue weighted by atomic mass is 32.2. The van der Waals surface area contributed by atoms with Gasteiger partial charge in [-0.1, -0.05) is 47.4 Å². The van der Waals surface area contributed by atoms with E-state index in [1.165, 1.54) is 0 Å². The number of ether oxygens (including phenoxy) is 1. The van der Waals surface area contributed by atoms with Crippen molar-refractivity contribution in [3.63, 3.8) is 0 Å². The number of anilines is 1. The highest BCUT2D eigenvalue weighted by molar-refractivity contribution is 8.03. The van der Waals surface area contributed by atoms with Gasteiger partial charge in [0.1, 0.15) is 16.2 Å². The van der Waals surface area contributed by atoms with E-state index in [4.69, 9.17) is 4.74 Å². The minimum atomic E-state index is -4.09. The van der Waals surface area contributed by atoms with Gasteiger partial charge in [0.25, 0.3) is 15.1 Å². The molecule has 32 heavy (non-hydrogen) atoms. The van der Waals surface area contributed by atoms with Crippen LogP contribution in [0.3, 0.4) is 0 Å². The van der Waals surface area contributed by atoms with Crippen molar-refractivity contribution in [2.45, 2.75) is 11.4 Å². The summed E-state index contributed by atoms with van der Waals surface area (Å²) >= 11 is 3.27. The van der Waals surface area contributed by atoms with Crippen LogP contribution in [-0.4, -0.2) is 32.9 Å². The summed E-state index contributed by atoms with van der Waals surface area (Å²) in [7, 11) is -0.432. The summed E-state index contributed by atoms with van der Waals surface area (Å²) in [6, 6.07) is 18.2. The minimum Gasteiger partial charge on any atom is -0.497 e. The molecule has 0 fully saturated rings. The van der Waals surface area contributed by atoms with Gasteiger partial charge in [-0.3, -0.25) is 4.55 Å². The zero-order valence-electron chi connectivity index (χ0n) is 17.5. The molecule has 0 saturated heterocycles. The van der Waals surface area contributed by atoms with Crippen LogP contribution in [0.1, 0.15) is 5.01 Å². The molecule has 164 valence electrons. The van der Waals surface area contributed by atoms with E-state index in [1.807, 2.05) is 54.1 Å². The molecular weight excluding hydrogens is 464 g/mol. The van der Waals surface area contributed by atoms with Crippen LogP contribution in [0.25, 0.3) is 27.1 Å². The number of methoxy groups -OCH3 is 1. The highest BCUT2D eigenvalue weighted by Crippen LogP contribution is 2.47. The third-order valence-corrected chi connectivity index (χ3v) is 8.47. The molecule has 0 spiro atoms. The van der Waals surface area contributed by atoms with Crippen LogP contribution in [0, 0.1) is 0 Å². The van der Waals surface area contributed by atoms with Gasteiger partial charge in [-0.25, -0.2) is 0 Å². The number of aryl methyl sites for hydroxylation is 1. The molecule has 3 aromatic carbocycles. The normalized spacial score (nSPS) is 15.1. The number of thioether (sulfide) groups is 1. The summed E-state index contributed by atoms with van der Waals surface area (Å²) in [5.41, 5.74) is 2.05. The van der Waals surface area contributed by atoms with Crippen molar-refractivity contribution < 1.29 is 22.3 Å². The second kappa shape index (κ2) is 8.08. The quantitative estimate of drug-likeness (QED) is 0.324. The van der Waals surface area contributed by atoms with Crippen molar-refractivity contribution in [1.82, 2.24) is 0 Å². The maximum Gasteiger partial charge on any atom is 0.271 e.